The first kappa shape index (κ1) is 15.0. The van der Waals surface area contributed by atoms with E-state index in [9.17, 15) is 14.4 Å². The van der Waals surface area contributed by atoms with Crippen LogP contribution in [0.25, 0.3) is 0 Å². The van der Waals surface area contributed by atoms with Crippen LogP contribution in [0.1, 0.15) is 26.7 Å². The molecule has 0 radical (unpaired) electrons. The van der Waals surface area contributed by atoms with Crippen molar-refractivity contribution >= 4 is 17.9 Å². The molecule has 0 aromatic heterocycles. The average Bonchev–Trinajstić information content (AvgIpc) is 2.39. The molecule has 1 atom stereocenters. The Bertz CT molecular complexity index is 456. The number of allylic oxidation sites excluding steroid dienone is 1. The monoisotopic (exact) mass is 268 g/mol. The minimum absolute atomic E-state index is 0.137. The second-order valence-electron chi connectivity index (χ2n) is 3.98. The van der Waals surface area contributed by atoms with E-state index < -0.39 is 23.4 Å². The molecule has 104 valence electrons. The van der Waals surface area contributed by atoms with Gasteiger partial charge in [0.15, 0.2) is 11.7 Å². The lowest BCUT2D eigenvalue weighted by Crippen LogP contribution is -2.32. The van der Waals surface area contributed by atoms with Crippen molar-refractivity contribution in [2.75, 3.05) is 13.7 Å². The standard InChI is InChI=1S/C13H16O6/c1-4-5-6-18-11-8(2)19-12(15)9(7-14)10(11)13(16)17-3/h10H,4-6H2,1-3H3. The molecule has 6 heteroatoms. The van der Waals surface area contributed by atoms with Crippen molar-refractivity contribution in [3.8, 4) is 0 Å². The maximum Gasteiger partial charge on any atom is 0.351 e. The summed E-state index contributed by atoms with van der Waals surface area (Å²) in [4.78, 5) is 34.1. The lowest BCUT2D eigenvalue weighted by Gasteiger charge is -2.24. The van der Waals surface area contributed by atoms with E-state index in [4.69, 9.17) is 9.47 Å². The lowest BCUT2D eigenvalue weighted by molar-refractivity contribution is -0.149. The molecule has 0 aromatic carbocycles. The molecule has 0 saturated carbocycles. The summed E-state index contributed by atoms with van der Waals surface area (Å²) in [7, 11) is 1.17. The summed E-state index contributed by atoms with van der Waals surface area (Å²) in [5, 5.41) is 0. The normalized spacial score (nSPS) is 18.8. The Kier molecular flexibility index (Phi) is 5.33. The zero-order chi connectivity index (χ0) is 14.4. The summed E-state index contributed by atoms with van der Waals surface area (Å²) < 4.78 is 14.9. The van der Waals surface area contributed by atoms with Gasteiger partial charge in [0.05, 0.1) is 13.7 Å². The summed E-state index contributed by atoms with van der Waals surface area (Å²) in [5.41, 5.74) is -0.427. The lowest BCUT2D eigenvalue weighted by atomic mass is 9.95. The van der Waals surface area contributed by atoms with E-state index in [1.165, 1.54) is 20.0 Å². The zero-order valence-corrected chi connectivity index (χ0v) is 11.1. The highest BCUT2D eigenvalue weighted by Crippen LogP contribution is 2.31. The first-order valence-electron chi connectivity index (χ1n) is 5.95. The summed E-state index contributed by atoms with van der Waals surface area (Å²) >= 11 is 0. The Labute approximate surface area is 111 Å². The molecule has 0 fully saturated rings. The van der Waals surface area contributed by atoms with Crippen molar-refractivity contribution in [2.45, 2.75) is 26.7 Å². The van der Waals surface area contributed by atoms with Gasteiger partial charge in [0, 0.05) is 0 Å². The van der Waals surface area contributed by atoms with E-state index >= 15 is 0 Å². The molecule has 0 N–H and O–H groups in total. The van der Waals surface area contributed by atoms with Crippen LogP contribution in [0, 0.1) is 5.92 Å². The number of esters is 2. The number of hydrogen-bond donors (Lipinski definition) is 0. The van der Waals surface area contributed by atoms with Crippen molar-refractivity contribution in [1.82, 2.24) is 0 Å². The topological polar surface area (TPSA) is 78.9 Å². The van der Waals surface area contributed by atoms with Crippen LogP contribution in [0.2, 0.25) is 0 Å². The van der Waals surface area contributed by atoms with Gasteiger partial charge in [-0.3, -0.25) is 4.79 Å². The second-order valence-corrected chi connectivity index (χ2v) is 3.98. The highest BCUT2D eigenvalue weighted by molar-refractivity contribution is 6.05. The number of ether oxygens (including phenoxy) is 3. The van der Waals surface area contributed by atoms with Gasteiger partial charge in [0.1, 0.15) is 17.3 Å². The Balaban J connectivity index is 3.11. The highest BCUT2D eigenvalue weighted by Gasteiger charge is 2.41. The number of methoxy groups -OCH3 is 1. The molecular weight excluding hydrogens is 252 g/mol. The molecule has 1 heterocycles. The van der Waals surface area contributed by atoms with Crippen molar-refractivity contribution < 1.29 is 28.6 Å². The summed E-state index contributed by atoms with van der Waals surface area (Å²) in [6.45, 7) is 3.84. The molecule has 0 spiro atoms. The van der Waals surface area contributed by atoms with E-state index in [0.717, 1.165) is 12.8 Å². The quantitative estimate of drug-likeness (QED) is 0.322. The molecule has 1 aliphatic heterocycles. The largest absolute Gasteiger partial charge is 0.493 e. The Hall–Kier alpha value is -2.07. The minimum atomic E-state index is -1.19. The van der Waals surface area contributed by atoms with Crippen LogP contribution in [-0.4, -0.2) is 31.6 Å². The predicted molar refractivity (Wildman–Crippen MR) is 64.4 cm³/mol. The smallest absolute Gasteiger partial charge is 0.351 e. The number of cyclic esters (lactones) is 1. The van der Waals surface area contributed by atoms with E-state index in [2.05, 4.69) is 4.74 Å². The van der Waals surface area contributed by atoms with E-state index in [0.29, 0.717) is 6.61 Å². The average molecular weight is 268 g/mol. The SMILES string of the molecule is CCCCOC1=C(C)OC(=O)C(=C=O)C1C(=O)OC. The fourth-order valence-corrected chi connectivity index (χ4v) is 1.65. The van der Waals surface area contributed by atoms with Crippen molar-refractivity contribution in [2.24, 2.45) is 5.92 Å². The number of rotatable bonds is 5. The maximum absolute atomic E-state index is 11.7. The molecule has 0 saturated heterocycles. The number of unbranched alkanes of at least 4 members (excludes halogenated alkanes) is 1. The van der Waals surface area contributed by atoms with Gasteiger partial charge in [0.2, 0.25) is 0 Å². The molecule has 1 rings (SSSR count). The Morgan fingerprint density at radius 3 is 2.68 bits per heavy atom. The number of carbonyl (C=O) groups is 2. The maximum atomic E-state index is 11.7. The summed E-state index contributed by atoms with van der Waals surface area (Å²) in [6.07, 6.45) is 1.68. The van der Waals surface area contributed by atoms with Gasteiger partial charge < -0.3 is 14.2 Å². The van der Waals surface area contributed by atoms with Crippen molar-refractivity contribution in [3.05, 3.63) is 17.1 Å². The zero-order valence-electron chi connectivity index (χ0n) is 11.1. The molecule has 0 bridgehead atoms. The number of carbonyl (C=O) groups excluding carboxylic acids is 3. The first-order chi connectivity index (χ1) is 9.06. The first-order valence-corrected chi connectivity index (χ1v) is 5.95. The molecule has 1 aliphatic rings. The third-order valence-corrected chi connectivity index (χ3v) is 2.67. The van der Waals surface area contributed by atoms with E-state index in [1.807, 2.05) is 6.92 Å². The van der Waals surface area contributed by atoms with Crippen LogP contribution >= 0.6 is 0 Å². The molecule has 1 unspecified atom stereocenters. The molecule has 0 amide bonds. The molecular formula is C13H16O6. The Morgan fingerprint density at radius 2 is 2.16 bits per heavy atom. The molecule has 6 nitrogen and oxygen atoms in total. The van der Waals surface area contributed by atoms with Gasteiger partial charge in [0.25, 0.3) is 0 Å². The highest BCUT2D eigenvalue weighted by atomic mass is 16.6. The van der Waals surface area contributed by atoms with Crippen LogP contribution in [0.3, 0.4) is 0 Å². The third-order valence-electron chi connectivity index (χ3n) is 2.67. The van der Waals surface area contributed by atoms with Gasteiger partial charge in [-0.2, -0.15) is 0 Å². The van der Waals surface area contributed by atoms with Gasteiger partial charge in [-0.25, -0.2) is 9.59 Å². The van der Waals surface area contributed by atoms with Crippen LogP contribution in [0.5, 0.6) is 0 Å². The van der Waals surface area contributed by atoms with Gasteiger partial charge in [-0.1, -0.05) is 13.3 Å². The second kappa shape index (κ2) is 6.75. The number of hydrogen-bond acceptors (Lipinski definition) is 6. The van der Waals surface area contributed by atoms with Crippen LogP contribution < -0.4 is 0 Å². The fourth-order valence-electron chi connectivity index (χ4n) is 1.65. The van der Waals surface area contributed by atoms with Gasteiger partial charge in [-0.15, -0.1) is 0 Å². The van der Waals surface area contributed by atoms with Crippen molar-refractivity contribution in [3.63, 3.8) is 0 Å². The third kappa shape index (κ3) is 3.23. The minimum Gasteiger partial charge on any atom is -0.493 e. The van der Waals surface area contributed by atoms with Gasteiger partial charge in [-0.05, 0) is 13.3 Å². The van der Waals surface area contributed by atoms with Crippen molar-refractivity contribution in [1.29, 1.82) is 0 Å². The Morgan fingerprint density at radius 1 is 1.47 bits per heavy atom. The molecule has 0 aliphatic carbocycles. The van der Waals surface area contributed by atoms with E-state index in [-0.39, 0.29) is 11.5 Å². The predicted octanol–water partition coefficient (Wildman–Crippen LogP) is 1.14. The fraction of sp³-hybridized carbons (Fsp3) is 0.538. The molecule has 19 heavy (non-hydrogen) atoms. The van der Waals surface area contributed by atoms with Crippen LogP contribution in [-0.2, 0) is 28.6 Å². The summed E-state index contributed by atoms with van der Waals surface area (Å²) in [6, 6.07) is 0. The van der Waals surface area contributed by atoms with Gasteiger partial charge >= 0.3 is 11.9 Å². The molecule has 0 aromatic rings. The van der Waals surface area contributed by atoms with E-state index in [1.54, 1.807) is 0 Å². The van der Waals surface area contributed by atoms with Crippen LogP contribution in [0.15, 0.2) is 17.1 Å². The van der Waals surface area contributed by atoms with Crippen LogP contribution in [0.4, 0.5) is 0 Å². The summed E-state index contributed by atoms with van der Waals surface area (Å²) in [5.74, 6) is -1.10.